The molecule has 0 radical (unpaired) electrons. The van der Waals surface area contributed by atoms with Gasteiger partial charge in [-0.05, 0) is 46.7 Å². The molecular weight excluding hydrogens is 298 g/mol. The maximum Gasteiger partial charge on any atom is 0.363 e. The van der Waals surface area contributed by atoms with Crippen LogP contribution in [0.3, 0.4) is 0 Å². The van der Waals surface area contributed by atoms with E-state index in [1.54, 1.807) is 6.92 Å². The molecule has 0 saturated carbocycles. The summed E-state index contributed by atoms with van der Waals surface area (Å²) in [4.78, 5) is 13.0. The van der Waals surface area contributed by atoms with E-state index < -0.39 is 20.8 Å². The zero-order chi connectivity index (χ0) is 15.6. The number of phenols is 1. The summed E-state index contributed by atoms with van der Waals surface area (Å²) in [6.07, 6.45) is 0.910. The van der Waals surface area contributed by atoms with Gasteiger partial charge < -0.3 is 15.2 Å². The van der Waals surface area contributed by atoms with Crippen LogP contribution in [0, 0.1) is 17.0 Å². The fourth-order valence-electron chi connectivity index (χ4n) is 1.57. The Morgan fingerprint density at radius 3 is 2.52 bits per heavy atom. The van der Waals surface area contributed by atoms with E-state index in [1.165, 1.54) is 18.2 Å². The lowest BCUT2D eigenvalue weighted by Crippen LogP contribution is -2.13. The predicted octanol–water partition coefficient (Wildman–Crippen LogP) is 1.80. The van der Waals surface area contributed by atoms with Crippen molar-refractivity contribution >= 4 is 21.5 Å². The minimum absolute atomic E-state index is 0.0509. The molecule has 0 saturated heterocycles. The number of pyridine rings is 1. The fraction of sp³-hybridized carbons (Fsp3) is 0.0833. The summed E-state index contributed by atoms with van der Waals surface area (Å²) in [6.45, 7) is 1.63. The Hall–Kier alpha value is -2.68. The first-order valence-electron chi connectivity index (χ1n) is 5.72. The summed E-state index contributed by atoms with van der Waals surface area (Å²) >= 11 is 0. The Balaban J connectivity index is 2.29. The van der Waals surface area contributed by atoms with Crippen LogP contribution in [0.15, 0.2) is 41.4 Å². The molecular formula is C12H11N3O5S. The average molecular weight is 309 g/mol. The van der Waals surface area contributed by atoms with Gasteiger partial charge in [0.25, 0.3) is 10.0 Å². The molecule has 0 aliphatic carbocycles. The van der Waals surface area contributed by atoms with E-state index in [4.69, 9.17) is 0 Å². The van der Waals surface area contributed by atoms with Gasteiger partial charge in [0.15, 0.2) is 6.20 Å². The van der Waals surface area contributed by atoms with Crippen molar-refractivity contribution in [3.05, 3.63) is 52.2 Å². The number of hydrogen-bond acceptors (Lipinski definition) is 6. The molecule has 2 N–H and O–H groups in total. The van der Waals surface area contributed by atoms with Crippen LogP contribution in [0.1, 0.15) is 5.56 Å². The summed E-state index contributed by atoms with van der Waals surface area (Å²) in [7, 11) is -3.90. The smallest absolute Gasteiger partial charge is 0.363 e. The molecule has 0 fully saturated rings. The van der Waals surface area contributed by atoms with E-state index in [2.05, 4.69) is 9.71 Å². The third-order valence-corrected chi connectivity index (χ3v) is 4.03. The Morgan fingerprint density at radius 2 is 2.00 bits per heavy atom. The Kier molecular flexibility index (Phi) is 3.76. The van der Waals surface area contributed by atoms with Crippen LogP contribution in [0.25, 0.3) is 0 Å². The Bertz CT molecular complexity index is 787. The topological polar surface area (TPSA) is 122 Å². The quantitative estimate of drug-likeness (QED) is 0.504. The second-order valence-electron chi connectivity index (χ2n) is 4.22. The van der Waals surface area contributed by atoms with E-state index >= 15 is 0 Å². The predicted molar refractivity (Wildman–Crippen MR) is 74.5 cm³/mol. The van der Waals surface area contributed by atoms with Gasteiger partial charge in [-0.25, -0.2) is 8.42 Å². The molecule has 9 heteroatoms. The number of benzene rings is 1. The first-order chi connectivity index (χ1) is 9.79. The van der Waals surface area contributed by atoms with Crippen molar-refractivity contribution in [3.8, 4) is 5.75 Å². The highest BCUT2D eigenvalue weighted by atomic mass is 32.2. The lowest BCUT2D eigenvalue weighted by Gasteiger charge is -2.08. The van der Waals surface area contributed by atoms with Gasteiger partial charge in [0, 0.05) is 11.8 Å². The van der Waals surface area contributed by atoms with Crippen molar-refractivity contribution in [1.29, 1.82) is 0 Å². The molecule has 0 amide bonds. The third-order valence-electron chi connectivity index (χ3n) is 2.67. The number of anilines is 1. The first-order valence-corrected chi connectivity index (χ1v) is 7.21. The zero-order valence-corrected chi connectivity index (χ0v) is 11.7. The van der Waals surface area contributed by atoms with Gasteiger partial charge in [0.2, 0.25) is 0 Å². The van der Waals surface area contributed by atoms with Crippen LogP contribution in [-0.2, 0) is 10.0 Å². The van der Waals surface area contributed by atoms with Crippen molar-refractivity contribution in [2.24, 2.45) is 0 Å². The van der Waals surface area contributed by atoms with Crippen LogP contribution in [0.5, 0.6) is 5.75 Å². The molecule has 0 spiro atoms. The largest absolute Gasteiger partial charge is 0.508 e. The number of sulfonamides is 1. The van der Waals surface area contributed by atoms with Gasteiger partial charge >= 0.3 is 5.82 Å². The summed E-state index contributed by atoms with van der Waals surface area (Å²) in [6, 6.07) is 6.34. The molecule has 110 valence electrons. The highest BCUT2D eigenvalue weighted by molar-refractivity contribution is 7.92. The number of nitrogens with one attached hydrogen (secondary N) is 1. The van der Waals surface area contributed by atoms with E-state index in [1.807, 2.05) is 0 Å². The molecule has 8 nitrogen and oxygen atoms in total. The van der Waals surface area contributed by atoms with Crippen LogP contribution in [-0.4, -0.2) is 23.4 Å². The molecule has 21 heavy (non-hydrogen) atoms. The lowest BCUT2D eigenvalue weighted by molar-refractivity contribution is -0.389. The fourth-order valence-corrected chi connectivity index (χ4v) is 2.57. The highest BCUT2D eigenvalue weighted by Gasteiger charge is 2.18. The van der Waals surface area contributed by atoms with Crippen molar-refractivity contribution in [2.75, 3.05) is 4.72 Å². The minimum Gasteiger partial charge on any atom is -0.508 e. The second kappa shape index (κ2) is 5.37. The summed E-state index contributed by atoms with van der Waals surface area (Å²) in [5.41, 5.74) is 0.778. The van der Waals surface area contributed by atoms with Crippen molar-refractivity contribution in [1.82, 2.24) is 4.98 Å². The van der Waals surface area contributed by atoms with Gasteiger partial charge in [-0.3, -0.25) is 4.72 Å². The summed E-state index contributed by atoms with van der Waals surface area (Å²) in [5.74, 6) is -0.385. The molecule has 0 atom stereocenters. The monoisotopic (exact) mass is 309 g/mol. The maximum absolute atomic E-state index is 12.1. The molecule has 0 aliphatic heterocycles. The van der Waals surface area contributed by atoms with E-state index in [-0.39, 0.29) is 16.3 Å². The second-order valence-corrected chi connectivity index (χ2v) is 5.90. The third kappa shape index (κ3) is 3.26. The molecule has 0 bridgehead atoms. The Labute approximate surface area is 120 Å². The number of hydrogen-bond donors (Lipinski definition) is 2. The molecule has 1 heterocycles. The lowest BCUT2D eigenvalue weighted by atomic mass is 10.2. The van der Waals surface area contributed by atoms with Gasteiger partial charge in [0.1, 0.15) is 10.6 Å². The van der Waals surface area contributed by atoms with Crippen LogP contribution in [0.4, 0.5) is 11.5 Å². The van der Waals surface area contributed by atoms with Gasteiger partial charge in [0.05, 0.1) is 0 Å². The van der Waals surface area contributed by atoms with Crippen molar-refractivity contribution in [2.45, 2.75) is 11.8 Å². The van der Waals surface area contributed by atoms with Gasteiger partial charge in [-0.15, -0.1) is 0 Å². The van der Waals surface area contributed by atoms with Crippen molar-refractivity contribution < 1.29 is 18.4 Å². The number of phenolic OH excluding ortho intramolecular Hbond substituents is 1. The normalized spacial score (nSPS) is 11.1. The number of aryl methyl sites for hydroxylation is 1. The standard InChI is InChI=1S/C12H11N3O5S/c1-8-6-9(2-4-11(8)16)14-21(19,20)10-3-5-12(13-7-10)15(17)18/h2-7,14,16H,1H3. The average Bonchev–Trinajstić information content (AvgIpc) is 2.43. The van der Waals surface area contributed by atoms with Crippen LogP contribution in [0.2, 0.25) is 0 Å². The number of nitrogens with zero attached hydrogens (tertiary/aromatic N) is 2. The molecule has 2 rings (SSSR count). The molecule has 0 aliphatic rings. The van der Waals surface area contributed by atoms with Gasteiger partial charge in [-0.2, -0.15) is 0 Å². The SMILES string of the molecule is Cc1cc(NS(=O)(=O)c2ccc([N+](=O)[O-])nc2)ccc1O. The Morgan fingerprint density at radius 1 is 1.29 bits per heavy atom. The molecule has 2 aromatic rings. The number of aromatic nitrogens is 1. The van der Waals surface area contributed by atoms with E-state index in [9.17, 15) is 23.6 Å². The maximum atomic E-state index is 12.1. The number of nitro groups is 1. The van der Waals surface area contributed by atoms with Gasteiger partial charge in [-0.1, -0.05) is 0 Å². The molecule has 1 aromatic heterocycles. The number of aromatic hydroxyl groups is 1. The zero-order valence-electron chi connectivity index (χ0n) is 10.8. The van der Waals surface area contributed by atoms with Crippen LogP contribution < -0.4 is 4.72 Å². The summed E-state index contributed by atoms with van der Waals surface area (Å²) < 4.78 is 26.5. The molecule has 1 aromatic carbocycles. The number of rotatable bonds is 4. The van der Waals surface area contributed by atoms with E-state index in [0.29, 0.717) is 5.56 Å². The highest BCUT2D eigenvalue weighted by Crippen LogP contribution is 2.22. The molecule has 0 unspecified atom stereocenters. The summed E-state index contributed by atoms with van der Waals surface area (Å²) in [5, 5.41) is 19.9. The first kappa shape index (κ1) is 14.7. The van der Waals surface area contributed by atoms with Crippen molar-refractivity contribution in [3.63, 3.8) is 0 Å². The minimum atomic E-state index is -3.90. The van der Waals surface area contributed by atoms with E-state index in [0.717, 1.165) is 18.3 Å². The van der Waals surface area contributed by atoms with Crippen LogP contribution >= 0.6 is 0 Å².